The number of ether oxygens (including phenoxy) is 1. The molecule has 2 aromatic rings. The van der Waals surface area contributed by atoms with E-state index in [-0.39, 0.29) is 41.8 Å². The highest BCUT2D eigenvalue weighted by atomic mass is 35.5. The van der Waals surface area contributed by atoms with E-state index in [4.69, 9.17) is 32.4 Å². The van der Waals surface area contributed by atoms with Gasteiger partial charge < -0.3 is 14.5 Å². The van der Waals surface area contributed by atoms with E-state index in [1.54, 1.807) is 6.07 Å². The fourth-order valence-corrected chi connectivity index (χ4v) is 2.26. The number of nitrogens with one attached hydrogen (secondary N) is 1. The third kappa shape index (κ3) is 5.75. The Hall–Kier alpha value is -2.58. The highest BCUT2D eigenvalue weighted by Crippen LogP contribution is 2.29. The van der Waals surface area contributed by atoms with Crippen LogP contribution in [0.5, 0.6) is 5.75 Å². The number of non-ortho nitro benzene ring substituents is 1. The minimum absolute atomic E-state index is 0.0606. The number of carbonyl (C=O) groups excluding carboxylic acids is 2. The Morgan fingerprint density at radius 2 is 2.04 bits per heavy atom. The maximum absolute atomic E-state index is 11.9. The van der Waals surface area contributed by atoms with Gasteiger partial charge in [-0.2, -0.15) is 0 Å². The Labute approximate surface area is 158 Å². The van der Waals surface area contributed by atoms with Crippen molar-refractivity contribution >= 4 is 40.0 Å². The van der Waals surface area contributed by atoms with Crippen molar-refractivity contribution in [1.82, 2.24) is 5.32 Å². The first-order valence-corrected chi connectivity index (χ1v) is 8.24. The van der Waals surface area contributed by atoms with E-state index in [2.05, 4.69) is 5.32 Å². The van der Waals surface area contributed by atoms with Gasteiger partial charge >= 0.3 is 0 Å². The molecular formula is C16H14Cl2N2O6. The number of carbonyl (C=O) groups is 2. The Morgan fingerprint density at radius 1 is 1.27 bits per heavy atom. The zero-order chi connectivity index (χ0) is 19.1. The number of amides is 1. The summed E-state index contributed by atoms with van der Waals surface area (Å²) < 4.78 is 10.8. The molecule has 0 aliphatic rings. The first-order valence-electron chi connectivity index (χ1n) is 7.49. The van der Waals surface area contributed by atoms with Gasteiger partial charge in [-0.15, -0.1) is 0 Å². The summed E-state index contributed by atoms with van der Waals surface area (Å²) in [5.74, 6) is 0.111. The normalized spacial score (nSPS) is 10.4. The van der Waals surface area contributed by atoms with Gasteiger partial charge in [0.2, 0.25) is 5.24 Å². The van der Waals surface area contributed by atoms with Gasteiger partial charge in [-0.05, 0) is 36.2 Å². The maximum Gasteiger partial charge on any atom is 0.286 e. The average molecular weight is 401 g/mol. The molecule has 0 saturated heterocycles. The molecule has 0 bridgehead atoms. The molecule has 1 N–H and O–H groups in total. The Morgan fingerprint density at radius 3 is 2.73 bits per heavy atom. The molecule has 1 amide bonds. The van der Waals surface area contributed by atoms with Crippen molar-refractivity contribution in [2.24, 2.45) is 0 Å². The lowest BCUT2D eigenvalue weighted by Crippen LogP contribution is -2.24. The highest BCUT2D eigenvalue weighted by molar-refractivity contribution is 6.63. The summed E-state index contributed by atoms with van der Waals surface area (Å²) in [6, 6.07) is 6.85. The minimum Gasteiger partial charge on any atom is -0.484 e. The predicted molar refractivity (Wildman–Crippen MR) is 93.6 cm³/mol. The van der Waals surface area contributed by atoms with Gasteiger partial charge in [-0.3, -0.25) is 19.7 Å². The fraction of sp³-hybridized carbons (Fsp3) is 0.250. The monoisotopic (exact) mass is 400 g/mol. The van der Waals surface area contributed by atoms with Gasteiger partial charge in [-0.25, -0.2) is 0 Å². The number of halogens is 2. The summed E-state index contributed by atoms with van der Waals surface area (Å²) in [5.41, 5.74) is -0.153. The van der Waals surface area contributed by atoms with Crippen LogP contribution in [0.15, 0.2) is 34.7 Å². The van der Waals surface area contributed by atoms with Crippen LogP contribution in [0.4, 0.5) is 5.69 Å². The Bertz CT molecular complexity index is 821. The minimum atomic E-state index is -0.559. The zero-order valence-corrected chi connectivity index (χ0v) is 14.9. The molecule has 0 aliphatic carbocycles. The van der Waals surface area contributed by atoms with Crippen LogP contribution >= 0.6 is 23.2 Å². The summed E-state index contributed by atoms with van der Waals surface area (Å²) >= 11 is 11.1. The predicted octanol–water partition coefficient (Wildman–Crippen LogP) is 3.70. The molecule has 26 heavy (non-hydrogen) atoms. The fourth-order valence-electron chi connectivity index (χ4n) is 1.96. The molecule has 1 heterocycles. The smallest absolute Gasteiger partial charge is 0.286 e. The summed E-state index contributed by atoms with van der Waals surface area (Å²) in [6.45, 7) is 0.224. The first-order chi connectivity index (χ1) is 12.4. The van der Waals surface area contributed by atoms with Crippen LogP contribution in [-0.4, -0.2) is 22.6 Å². The number of rotatable bonds is 9. The molecule has 0 aliphatic heterocycles. The van der Waals surface area contributed by atoms with Crippen LogP contribution in [0.3, 0.4) is 0 Å². The van der Waals surface area contributed by atoms with Gasteiger partial charge in [0.15, 0.2) is 5.76 Å². The van der Waals surface area contributed by atoms with Crippen molar-refractivity contribution in [3.8, 4) is 5.75 Å². The van der Waals surface area contributed by atoms with Crippen molar-refractivity contribution in [2.75, 3.05) is 6.54 Å². The standard InChI is InChI=1S/C16H14Cl2N2O6/c17-12-5-3-10(20(23)24)8-14(12)25-9-11-4-6-13(26-11)16(22)19-7-1-2-15(18)21/h3-6,8H,1-2,7,9H2,(H,19,22). The second-order valence-electron chi connectivity index (χ2n) is 5.14. The molecule has 1 aromatic carbocycles. The van der Waals surface area contributed by atoms with Crippen molar-refractivity contribution in [3.63, 3.8) is 0 Å². The number of hydrogen-bond acceptors (Lipinski definition) is 6. The second-order valence-corrected chi connectivity index (χ2v) is 5.97. The zero-order valence-electron chi connectivity index (χ0n) is 13.4. The second kappa shape index (κ2) is 9.21. The lowest BCUT2D eigenvalue weighted by Gasteiger charge is -2.06. The maximum atomic E-state index is 11.9. The molecule has 0 fully saturated rings. The summed E-state index contributed by atoms with van der Waals surface area (Å²) in [6.07, 6.45) is 0.596. The van der Waals surface area contributed by atoms with Gasteiger partial charge in [0.25, 0.3) is 11.6 Å². The van der Waals surface area contributed by atoms with Crippen LogP contribution in [0.2, 0.25) is 5.02 Å². The molecule has 0 radical (unpaired) electrons. The average Bonchev–Trinajstić information content (AvgIpc) is 3.06. The molecule has 138 valence electrons. The Balaban J connectivity index is 1.90. The van der Waals surface area contributed by atoms with Crippen LogP contribution in [0, 0.1) is 10.1 Å². The molecular weight excluding hydrogens is 387 g/mol. The van der Waals surface area contributed by atoms with E-state index in [0.717, 1.165) is 0 Å². The number of benzene rings is 1. The van der Waals surface area contributed by atoms with Crippen molar-refractivity contribution in [2.45, 2.75) is 19.4 Å². The third-order valence-corrected chi connectivity index (χ3v) is 3.72. The lowest BCUT2D eigenvalue weighted by atomic mass is 10.3. The first kappa shape index (κ1) is 19.7. The molecule has 2 rings (SSSR count). The SMILES string of the molecule is O=C(Cl)CCCNC(=O)c1ccc(COc2cc([N+](=O)[O-])ccc2Cl)o1. The summed E-state index contributed by atoms with van der Waals surface area (Å²) in [7, 11) is 0. The lowest BCUT2D eigenvalue weighted by molar-refractivity contribution is -0.384. The largest absolute Gasteiger partial charge is 0.484 e. The van der Waals surface area contributed by atoms with Crippen molar-refractivity contribution < 1.29 is 23.7 Å². The molecule has 0 spiro atoms. The molecule has 8 nitrogen and oxygen atoms in total. The molecule has 0 unspecified atom stereocenters. The number of nitro groups is 1. The van der Waals surface area contributed by atoms with Crippen LogP contribution in [-0.2, 0) is 11.4 Å². The molecule has 10 heteroatoms. The number of furan rings is 1. The quantitative estimate of drug-likeness (QED) is 0.297. The highest BCUT2D eigenvalue weighted by Gasteiger charge is 2.14. The van der Waals surface area contributed by atoms with E-state index in [1.165, 1.54) is 24.3 Å². The molecule has 0 saturated carbocycles. The summed E-state index contributed by atoms with van der Waals surface area (Å²) in [4.78, 5) is 32.7. The van der Waals surface area contributed by atoms with Crippen molar-refractivity contribution in [1.29, 1.82) is 0 Å². The molecule has 1 aromatic heterocycles. The molecule has 0 atom stereocenters. The van der Waals surface area contributed by atoms with Gasteiger partial charge in [-0.1, -0.05) is 11.6 Å². The number of hydrogen-bond donors (Lipinski definition) is 1. The van der Waals surface area contributed by atoms with E-state index in [1.807, 2.05) is 0 Å². The van der Waals surface area contributed by atoms with E-state index in [9.17, 15) is 19.7 Å². The van der Waals surface area contributed by atoms with E-state index < -0.39 is 16.1 Å². The van der Waals surface area contributed by atoms with Gasteiger partial charge in [0.1, 0.15) is 18.1 Å². The van der Waals surface area contributed by atoms with Crippen molar-refractivity contribution in [3.05, 3.63) is 57.0 Å². The number of nitro benzene ring substituents is 1. The third-order valence-electron chi connectivity index (χ3n) is 3.22. The van der Waals surface area contributed by atoms with Gasteiger partial charge in [0, 0.05) is 19.0 Å². The van der Waals surface area contributed by atoms with Gasteiger partial charge in [0.05, 0.1) is 16.0 Å². The van der Waals surface area contributed by atoms with Crippen LogP contribution < -0.4 is 10.1 Å². The van der Waals surface area contributed by atoms with Crippen LogP contribution in [0.1, 0.15) is 29.2 Å². The van der Waals surface area contributed by atoms with E-state index in [0.29, 0.717) is 12.2 Å². The van der Waals surface area contributed by atoms with Crippen LogP contribution in [0.25, 0.3) is 0 Å². The van der Waals surface area contributed by atoms with E-state index >= 15 is 0 Å². The summed E-state index contributed by atoms with van der Waals surface area (Å²) in [5, 5.41) is 13.1. The number of nitrogens with zero attached hydrogens (tertiary/aromatic N) is 1. The topological polar surface area (TPSA) is 112 Å². The Kier molecular flexibility index (Phi) is 6.99.